The van der Waals surface area contributed by atoms with Crippen LogP contribution < -0.4 is 0 Å². The molecule has 0 spiro atoms. The number of carbonyl (C=O) groups excluding carboxylic acids is 4. The first kappa shape index (κ1) is 49.7. The molecule has 12 heteroatoms. The minimum atomic E-state index is -0.345. The maximum absolute atomic E-state index is 12.5. The van der Waals surface area contributed by atoms with E-state index < -0.39 is 0 Å². The first-order valence-electron chi connectivity index (χ1n) is 24.3. The van der Waals surface area contributed by atoms with Crippen molar-refractivity contribution in [2.75, 3.05) is 109 Å². The van der Waals surface area contributed by atoms with Crippen LogP contribution in [-0.2, 0) is 38.1 Å². The summed E-state index contributed by atoms with van der Waals surface area (Å²) < 4.78 is 26.3. The summed E-state index contributed by atoms with van der Waals surface area (Å²) in [4.78, 5) is 47.7. The molecule has 4 saturated carbocycles. The molecule has 0 aromatic heterocycles. The number of fused-ring (bicyclic) bond motifs is 5. The standard InChI is InChI=1S/C35H60N2O4.C14H30N2O4/c1-24(38)40-32-21-26-13-14-27-28(35(26,4)23-31(32)37(6)19-11-8-12-20-37)15-16-34(3)29(27)22-30(33(34)41-25(2)39)36(5)17-9-7-10-18-36;1-15(2,3)9-11-19-13(17)7-8-14(18)20-12-10-16(4,5)6/h26-33H,7-23H2,1-6H3;7-12H2,1-6H3/q2*+2/t26-,27+,28-,29-,30-,31-,32-,33-,34-,35-;/m0./s1. The fraction of sp³-hybridized carbons (Fsp3) is 0.918. The fourth-order valence-electron chi connectivity index (χ4n) is 13.5. The normalized spacial score (nSPS) is 35.5. The third-order valence-corrected chi connectivity index (χ3v) is 17.1. The lowest BCUT2D eigenvalue weighted by Gasteiger charge is -2.63. The van der Waals surface area contributed by atoms with E-state index in [1.54, 1.807) is 13.8 Å². The van der Waals surface area contributed by atoms with Gasteiger partial charge in [-0.15, -0.1) is 0 Å². The van der Waals surface area contributed by atoms with Gasteiger partial charge in [-0.25, -0.2) is 0 Å². The van der Waals surface area contributed by atoms with Crippen LogP contribution in [0.4, 0.5) is 0 Å². The molecule has 0 radical (unpaired) electrons. The number of esters is 4. The predicted molar refractivity (Wildman–Crippen MR) is 238 cm³/mol. The van der Waals surface area contributed by atoms with Gasteiger partial charge in [0.25, 0.3) is 0 Å². The first-order chi connectivity index (χ1) is 28.4. The van der Waals surface area contributed by atoms with E-state index >= 15 is 0 Å². The Hall–Kier alpha value is -2.28. The summed E-state index contributed by atoms with van der Waals surface area (Å²) in [5, 5.41) is 0. The molecule has 4 aliphatic carbocycles. The lowest BCUT2D eigenvalue weighted by Crippen LogP contribution is -2.66. The largest absolute Gasteiger partial charge is 0.460 e. The van der Waals surface area contributed by atoms with Gasteiger partial charge in [0.05, 0.1) is 95.4 Å². The first-order valence-corrected chi connectivity index (χ1v) is 24.3. The van der Waals surface area contributed by atoms with Crippen molar-refractivity contribution in [3.8, 4) is 0 Å². The number of hydrogen-bond donors (Lipinski definition) is 0. The lowest BCUT2D eigenvalue weighted by atomic mass is 9.44. The molecule has 2 heterocycles. The smallest absolute Gasteiger partial charge is 0.306 e. The number of rotatable bonds is 13. The van der Waals surface area contributed by atoms with Crippen molar-refractivity contribution in [3.05, 3.63) is 0 Å². The molecule has 12 nitrogen and oxygen atoms in total. The lowest BCUT2D eigenvalue weighted by molar-refractivity contribution is -0.943. The van der Waals surface area contributed by atoms with Crippen LogP contribution in [0.5, 0.6) is 0 Å². The predicted octanol–water partition coefficient (Wildman–Crippen LogP) is 6.38. The maximum atomic E-state index is 12.5. The molecule has 6 aliphatic rings. The van der Waals surface area contributed by atoms with Crippen LogP contribution in [0.2, 0.25) is 0 Å². The molecule has 0 unspecified atom stereocenters. The minimum Gasteiger partial charge on any atom is -0.460 e. The molecule has 0 bridgehead atoms. The Morgan fingerprint density at radius 3 is 1.57 bits per heavy atom. The van der Waals surface area contributed by atoms with Crippen LogP contribution >= 0.6 is 0 Å². The second-order valence-electron chi connectivity index (χ2n) is 23.6. The van der Waals surface area contributed by atoms with Gasteiger partial charge in [-0.3, -0.25) is 19.2 Å². The molecule has 0 N–H and O–H groups in total. The molecule has 2 saturated heterocycles. The van der Waals surface area contributed by atoms with Crippen LogP contribution in [0, 0.1) is 34.5 Å². The molecule has 2 aliphatic heterocycles. The van der Waals surface area contributed by atoms with Crippen LogP contribution in [0.1, 0.15) is 124 Å². The summed E-state index contributed by atoms with van der Waals surface area (Å²) >= 11 is 0. The van der Waals surface area contributed by atoms with Gasteiger partial charge in [0, 0.05) is 32.1 Å². The van der Waals surface area contributed by atoms with Gasteiger partial charge >= 0.3 is 23.9 Å². The zero-order valence-corrected chi connectivity index (χ0v) is 40.9. The number of piperidine rings is 2. The van der Waals surface area contributed by atoms with Gasteiger partial charge in [-0.1, -0.05) is 13.8 Å². The Morgan fingerprint density at radius 1 is 0.607 bits per heavy atom. The summed E-state index contributed by atoms with van der Waals surface area (Å²) in [6.07, 6.45) is 16.6. The number of carbonyl (C=O) groups is 4. The third kappa shape index (κ3) is 12.3. The highest BCUT2D eigenvalue weighted by Crippen LogP contribution is 2.68. The number of quaternary nitrogens is 4. The van der Waals surface area contributed by atoms with Crippen molar-refractivity contribution in [2.24, 2.45) is 34.5 Å². The fourth-order valence-corrected chi connectivity index (χ4v) is 13.5. The molecule has 0 amide bonds. The van der Waals surface area contributed by atoms with Crippen LogP contribution in [-0.4, -0.2) is 175 Å². The molecular formula is C49H90N4O8+4. The average molecular weight is 863 g/mol. The zero-order chi connectivity index (χ0) is 45.0. The molecule has 350 valence electrons. The Bertz CT molecular complexity index is 1480. The highest BCUT2D eigenvalue weighted by molar-refractivity contribution is 5.77. The van der Waals surface area contributed by atoms with E-state index in [0.717, 1.165) is 43.4 Å². The molecule has 6 rings (SSSR count). The topological polar surface area (TPSA) is 105 Å². The Balaban J connectivity index is 0.000000299. The molecular weight excluding hydrogens is 773 g/mol. The van der Waals surface area contributed by atoms with Crippen molar-refractivity contribution < 1.29 is 56.1 Å². The van der Waals surface area contributed by atoms with Crippen molar-refractivity contribution in [1.82, 2.24) is 0 Å². The van der Waals surface area contributed by atoms with Crippen molar-refractivity contribution in [1.29, 1.82) is 0 Å². The van der Waals surface area contributed by atoms with Crippen LogP contribution in [0.15, 0.2) is 0 Å². The summed E-state index contributed by atoms with van der Waals surface area (Å²) in [6.45, 7) is 15.6. The highest BCUT2D eigenvalue weighted by atomic mass is 16.6. The quantitative estimate of drug-likeness (QED) is 0.120. The minimum absolute atomic E-state index is 0.0462. The van der Waals surface area contributed by atoms with Gasteiger partial charge in [0.1, 0.15) is 38.4 Å². The summed E-state index contributed by atoms with van der Waals surface area (Å²) in [6, 6.07) is 0.846. The van der Waals surface area contributed by atoms with E-state index in [9.17, 15) is 19.2 Å². The molecule has 0 aromatic carbocycles. The second kappa shape index (κ2) is 19.9. The van der Waals surface area contributed by atoms with Gasteiger partial charge in [-0.05, 0) is 99.7 Å². The molecule has 6 fully saturated rings. The summed E-state index contributed by atoms with van der Waals surface area (Å²) in [5.74, 6) is 1.83. The van der Waals surface area contributed by atoms with Gasteiger partial charge in [0.15, 0.2) is 12.2 Å². The van der Waals surface area contributed by atoms with E-state index in [0.29, 0.717) is 48.5 Å². The number of likely N-dealkylation sites (tertiary alicyclic amines) is 2. The SMILES string of the molecule is CC(=O)O[C@H]1C[C@@H]2CC[C@@H]3[C@H](CC[C@@]4(C)[C@H]3C[C@H]([N+]3(C)CCCCC3)[C@@H]4OC(C)=O)[C@@]2(C)C[C@@H]1[N+]1(C)CCCCC1.C[N+](C)(C)CCOC(=O)CCC(=O)OCC[N+](C)(C)C. The number of ether oxygens (including phenoxy) is 4. The monoisotopic (exact) mass is 863 g/mol. The molecule has 0 aromatic rings. The van der Waals surface area contributed by atoms with Crippen molar-refractivity contribution >= 4 is 23.9 Å². The van der Waals surface area contributed by atoms with E-state index in [2.05, 4.69) is 27.9 Å². The van der Waals surface area contributed by atoms with E-state index in [1.165, 1.54) is 103 Å². The molecule has 10 atom stereocenters. The van der Waals surface area contributed by atoms with Gasteiger partial charge in [0.2, 0.25) is 0 Å². The number of hydrogen-bond acceptors (Lipinski definition) is 8. The van der Waals surface area contributed by atoms with Gasteiger partial charge < -0.3 is 36.9 Å². The number of likely N-dealkylation sites (N-methyl/N-ethyl adjacent to an activating group) is 4. The van der Waals surface area contributed by atoms with E-state index in [1.807, 2.05) is 42.3 Å². The van der Waals surface area contributed by atoms with Crippen LogP contribution in [0.25, 0.3) is 0 Å². The van der Waals surface area contributed by atoms with Crippen LogP contribution in [0.3, 0.4) is 0 Å². The zero-order valence-electron chi connectivity index (χ0n) is 40.9. The van der Waals surface area contributed by atoms with Crippen molar-refractivity contribution in [3.63, 3.8) is 0 Å². The number of nitrogens with zero attached hydrogens (tertiary/aromatic N) is 4. The van der Waals surface area contributed by atoms with E-state index in [-0.39, 0.29) is 54.3 Å². The molecule has 61 heavy (non-hydrogen) atoms. The van der Waals surface area contributed by atoms with Crippen molar-refractivity contribution in [2.45, 2.75) is 148 Å². The average Bonchev–Trinajstić information content (AvgIpc) is 3.45. The summed E-state index contributed by atoms with van der Waals surface area (Å²) in [5.41, 5.74) is 0.377. The Kier molecular flexibility index (Phi) is 16.2. The Labute approximate surface area is 370 Å². The highest BCUT2D eigenvalue weighted by Gasteiger charge is 2.68. The second-order valence-corrected chi connectivity index (χ2v) is 23.6. The van der Waals surface area contributed by atoms with E-state index in [4.69, 9.17) is 18.9 Å². The maximum Gasteiger partial charge on any atom is 0.306 e. The van der Waals surface area contributed by atoms with Gasteiger partial charge in [-0.2, -0.15) is 0 Å². The Morgan fingerprint density at radius 2 is 1.10 bits per heavy atom. The third-order valence-electron chi connectivity index (χ3n) is 17.1. The summed E-state index contributed by atoms with van der Waals surface area (Å²) in [7, 11) is 17.1.